The highest BCUT2D eigenvalue weighted by molar-refractivity contribution is 6.21. The van der Waals surface area contributed by atoms with Crippen molar-refractivity contribution in [2.75, 3.05) is 0 Å². The molecule has 1 unspecified atom stereocenters. The fourth-order valence-corrected chi connectivity index (χ4v) is 2.88. The fraction of sp³-hybridized carbons (Fsp3) is 0.286. The molecule has 0 bridgehead atoms. The van der Waals surface area contributed by atoms with Gasteiger partial charge in [-0.1, -0.05) is 24.3 Å². The van der Waals surface area contributed by atoms with Crippen molar-refractivity contribution >= 4 is 22.4 Å². The molecule has 0 spiro atoms. The lowest BCUT2D eigenvalue weighted by atomic mass is 9.87. The van der Waals surface area contributed by atoms with Crippen LogP contribution in [0.4, 0.5) is 0 Å². The maximum Gasteiger partial charge on any atom is 0.127 e. The summed E-state index contributed by atoms with van der Waals surface area (Å²) in [7, 11) is 0. The van der Waals surface area contributed by atoms with Crippen LogP contribution in [0.3, 0.4) is 0 Å². The summed E-state index contributed by atoms with van der Waals surface area (Å²) < 4.78 is 0. The lowest BCUT2D eigenvalue weighted by molar-refractivity contribution is 0.449. The molecule has 17 heavy (non-hydrogen) atoms. The molecule has 2 aromatic rings. The van der Waals surface area contributed by atoms with Crippen LogP contribution in [0.5, 0.6) is 11.5 Å². The van der Waals surface area contributed by atoms with E-state index in [-0.39, 0.29) is 11.1 Å². The zero-order chi connectivity index (χ0) is 12.0. The molecular formula is C14H13ClO2. The van der Waals surface area contributed by atoms with E-state index >= 15 is 0 Å². The van der Waals surface area contributed by atoms with Crippen molar-refractivity contribution < 1.29 is 10.2 Å². The molecule has 2 nitrogen and oxygen atoms in total. The van der Waals surface area contributed by atoms with E-state index in [4.69, 9.17) is 11.6 Å². The minimum atomic E-state index is 0.0500. The standard InChI is InChI=1S/C14H13ClO2/c15-8-5-6-11-12(7-8)14(17)10-4-2-1-3-9(10)13(11)16/h1-4,8,16-17H,5-7H2. The van der Waals surface area contributed by atoms with Gasteiger partial charge >= 0.3 is 0 Å². The normalized spacial score (nSPS) is 19.2. The molecule has 0 fully saturated rings. The molecule has 0 heterocycles. The highest BCUT2D eigenvalue weighted by Gasteiger charge is 2.24. The smallest absolute Gasteiger partial charge is 0.127 e. The molecule has 1 aliphatic rings. The van der Waals surface area contributed by atoms with Crippen LogP contribution in [0, 0.1) is 0 Å². The quantitative estimate of drug-likeness (QED) is 0.555. The molecule has 1 aliphatic carbocycles. The molecule has 88 valence electrons. The molecule has 2 aromatic carbocycles. The summed E-state index contributed by atoms with van der Waals surface area (Å²) in [4.78, 5) is 0. The van der Waals surface area contributed by atoms with E-state index in [9.17, 15) is 10.2 Å². The molecule has 1 atom stereocenters. The zero-order valence-corrected chi connectivity index (χ0v) is 10.0. The molecule has 0 radical (unpaired) electrons. The van der Waals surface area contributed by atoms with Crippen LogP contribution < -0.4 is 0 Å². The van der Waals surface area contributed by atoms with Crippen LogP contribution in [0.15, 0.2) is 24.3 Å². The Labute approximate surface area is 104 Å². The van der Waals surface area contributed by atoms with Gasteiger partial charge in [-0.05, 0) is 19.3 Å². The number of fused-ring (bicyclic) bond motifs is 2. The molecule has 2 N–H and O–H groups in total. The molecule has 3 rings (SSSR count). The summed E-state index contributed by atoms with van der Waals surface area (Å²) in [6, 6.07) is 7.37. The Hall–Kier alpha value is -1.41. The van der Waals surface area contributed by atoms with Gasteiger partial charge in [-0.3, -0.25) is 0 Å². The van der Waals surface area contributed by atoms with E-state index in [1.165, 1.54) is 0 Å². The number of rotatable bonds is 0. The van der Waals surface area contributed by atoms with Crippen LogP contribution >= 0.6 is 11.6 Å². The fourth-order valence-electron chi connectivity index (χ4n) is 2.62. The summed E-state index contributed by atoms with van der Waals surface area (Å²) in [6.45, 7) is 0. The van der Waals surface area contributed by atoms with Gasteiger partial charge in [-0.25, -0.2) is 0 Å². The minimum absolute atomic E-state index is 0.0500. The van der Waals surface area contributed by atoms with Gasteiger partial charge in [-0.15, -0.1) is 11.6 Å². The van der Waals surface area contributed by atoms with Crippen molar-refractivity contribution in [3.63, 3.8) is 0 Å². The second-order valence-electron chi connectivity index (χ2n) is 4.54. The summed E-state index contributed by atoms with van der Waals surface area (Å²) in [5.74, 6) is 0.579. The Morgan fingerprint density at radius 1 is 1.00 bits per heavy atom. The van der Waals surface area contributed by atoms with Crippen LogP contribution in [-0.4, -0.2) is 15.6 Å². The summed E-state index contributed by atoms with van der Waals surface area (Å²) >= 11 is 6.13. The van der Waals surface area contributed by atoms with E-state index in [1.807, 2.05) is 24.3 Å². The number of alkyl halides is 1. The van der Waals surface area contributed by atoms with Crippen molar-refractivity contribution in [1.82, 2.24) is 0 Å². The predicted octanol–water partition coefficient (Wildman–Crippen LogP) is 3.35. The third-order valence-electron chi connectivity index (χ3n) is 3.51. The number of phenols is 2. The maximum absolute atomic E-state index is 10.3. The largest absolute Gasteiger partial charge is 0.507 e. The number of hydrogen-bond acceptors (Lipinski definition) is 2. The predicted molar refractivity (Wildman–Crippen MR) is 68.9 cm³/mol. The second-order valence-corrected chi connectivity index (χ2v) is 5.16. The van der Waals surface area contributed by atoms with Gasteiger partial charge in [0.2, 0.25) is 0 Å². The Kier molecular flexibility index (Phi) is 2.40. The summed E-state index contributed by atoms with van der Waals surface area (Å²) in [5.41, 5.74) is 1.67. The Balaban J connectivity index is 2.37. The van der Waals surface area contributed by atoms with E-state index in [1.54, 1.807) is 0 Å². The Bertz CT molecular complexity index is 592. The van der Waals surface area contributed by atoms with Gasteiger partial charge < -0.3 is 10.2 Å². The third-order valence-corrected chi connectivity index (χ3v) is 3.88. The second kappa shape index (κ2) is 3.81. The van der Waals surface area contributed by atoms with Crippen LogP contribution in [-0.2, 0) is 12.8 Å². The van der Waals surface area contributed by atoms with Crippen molar-refractivity contribution in [2.24, 2.45) is 0 Å². The van der Waals surface area contributed by atoms with Crippen LogP contribution in [0.1, 0.15) is 17.5 Å². The van der Waals surface area contributed by atoms with Crippen molar-refractivity contribution in [1.29, 1.82) is 0 Å². The van der Waals surface area contributed by atoms with E-state index in [2.05, 4.69) is 0 Å². The van der Waals surface area contributed by atoms with E-state index in [0.717, 1.165) is 29.4 Å². The van der Waals surface area contributed by atoms with Gasteiger partial charge in [0.15, 0.2) is 0 Å². The number of benzene rings is 2. The highest BCUT2D eigenvalue weighted by Crippen LogP contribution is 2.43. The first-order valence-corrected chi connectivity index (χ1v) is 6.20. The molecule has 3 heteroatoms. The van der Waals surface area contributed by atoms with Gasteiger partial charge in [0.25, 0.3) is 0 Å². The minimum Gasteiger partial charge on any atom is -0.507 e. The van der Waals surface area contributed by atoms with Gasteiger partial charge in [0.05, 0.1) is 0 Å². The number of hydrogen-bond donors (Lipinski definition) is 2. The van der Waals surface area contributed by atoms with E-state index < -0.39 is 0 Å². The average molecular weight is 249 g/mol. The van der Waals surface area contributed by atoms with Crippen molar-refractivity contribution in [3.05, 3.63) is 35.4 Å². The first-order chi connectivity index (χ1) is 8.18. The number of halogens is 1. The lowest BCUT2D eigenvalue weighted by Gasteiger charge is -2.23. The molecular weight excluding hydrogens is 236 g/mol. The average Bonchev–Trinajstić information content (AvgIpc) is 2.36. The topological polar surface area (TPSA) is 40.5 Å². The lowest BCUT2D eigenvalue weighted by Crippen LogP contribution is -2.14. The summed E-state index contributed by atoms with van der Waals surface area (Å²) in [5, 5.41) is 22.0. The van der Waals surface area contributed by atoms with Gasteiger partial charge in [0, 0.05) is 27.3 Å². The van der Waals surface area contributed by atoms with Crippen molar-refractivity contribution in [3.8, 4) is 11.5 Å². The van der Waals surface area contributed by atoms with Crippen LogP contribution in [0.2, 0.25) is 0 Å². The first kappa shape index (κ1) is 10.7. The Morgan fingerprint density at radius 3 is 2.24 bits per heavy atom. The van der Waals surface area contributed by atoms with Crippen LogP contribution in [0.25, 0.3) is 10.8 Å². The number of aromatic hydroxyl groups is 2. The summed E-state index contributed by atoms with van der Waals surface area (Å²) in [6.07, 6.45) is 2.20. The molecule has 0 aromatic heterocycles. The van der Waals surface area contributed by atoms with E-state index in [0.29, 0.717) is 17.6 Å². The van der Waals surface area contributed by atoms with Gasteiger partial charge in [0.1, 0.15) is 11.5 Å². The highest BCUT2D eigenvalue weighted by atomic mass is 35.5. The first-order valence-electron chi connectivity index (χ1n) is 5.77. The maximum atomic E-state index is 10.3. The molecule has 0 aliphatic heterocycles. The third kappa shape index (κ3) is 1.55. The van der Waals surface area contributed by atoms with Crippen molar-refractivity contribution in [2.45, 2.75) is 24.6 Å². The monoisotopic (exact) mass is 248 g/mol. The SMILES string of the molecule is Oc1c2c(c(O)c3ccccc13)CC(Cl)CC2. The van der Waals surface area contributed by atoms with Gasteiger partial charge in [-0.2, -0.15) is 0 Å². The Morgan fingerprint density at radius 2 is 1.59 bits per heavy atom. The molecule has 0 saturated carbocycles. The number of phenolic OH excluding ortho intramolecular Hbond substituents is 2. The zero-order valence-electron chi connectivity index (χ0n) is 9.28. The molecule has 0 amide bonds. The molecule has 0 saturated heterocycles.